The Bertz CT molecular complexity index is 959. The van der Waals surface area contributed by atoms with Crippen LogP contribution in [0.25, 0.3) is 10.8 Å². The number of fused-ring (bicyclic) bond motifs is 1. The van der Waals surface area contributed by atoms with Crippen LogP contribution in [0.1, 0.15) is 21.5 Å². The van der Waals surface area contributed by atoms with Gasteiger partial charge in [0.1, 0.15) is 5.69 Å². The Hall–Kier alpha value is -3.21. The molecule has 0 fully saturated rings. The van der Waals surface area contributed by atoms with E-state index in [1.165, 1.54) is 6.07 Å². The molecule has 0 saturated carbocycles. The molecule has 0 bridgehead atoms. The number of nitro groups is 1. The van der Waals surface area contributed by atoms with Crippen LogP contribution < -0.4 is 5.32 Å². The molecule has 0 atom stereocenters. The van der Waals surface area contributed by atoms with Crippen LogP contribution in [0.2, 0.25) is 0 Å². The van der Waals surface area contributed by atoms with Crippen molar-refractivity contribution >= 4 is 28.1 Å². The average molecular weight is 320 g/mol. The summed E-state index contributed by atoms with van der Waals surface area (Å²) in [6.07, 6.45) is 0. The van der Waals surface area contributed by atoms with Crippen LogP contribution in [0.5, 0.6) is 0 Å². The van der Waals surface area contributed by atoms with Crippen LogP contribution in [0, 0.1) is 24.0 Å². The number of hydrogen-bond acceptors (Lipinski definition) is 3. The third-order valence-corrected chi connectivity index (χ3v) is 4.18. The van der Waals surface area contributed by atoms with E-state index in [-0.39, 0.29) is 17.3 Å². The number of carbonyl (C=O) groups is 1. The molecule has 0 radical (unpaired) electrons. The molecule has 1 N–H and O–H groups in total. The van der Waals surface area contributed by atoms with Gasteiger partial charge < -0.3 is 5.32 Å². The van der Waals surface area contributed by atoms with Crippen molar-refractivity contribution in [2.45, 2.75) is 13.8 Å². The number of aryl methyl sites for hydroxylation is 1. The van der Waals surface area contributed by atoms with Crippen molar-refractivity contribution in [3.05, 3.63) is 81.4 Å². The van der Waals surface area contributed by atoms with Crippen LogP contribution in [-0.2, 0) is 0 Å². The van der Waals surface area contributed by atoms with Gasteiger partial charge in [-0.25, -0.2) is 0 Å². The molecule has 0 aliphatic carbocycles. The summed E-state index contributed by atoms with van der Waals surface area (Å²) in [4.78, 5) is 23.5. The number of anilines is 1. The van der Waals surface area contributed by atoms with Gasteiger partial charge in [0, 0.05) is 11.6 Å². The molecule has 0 aromatic heterocycles. The van der Waals surface area contributed by atoms with Gasteiger partial charge in [0.05, 0.1) is 4.92 Å². The van der Waals surface area contributed by atoms with Gasteiger partial charge in [-0.15, -0.1) is 0 Å². The second kappa shape index (κ2) is 6.12. The van der Waals surface area contributed by atoms with Crippen LogP contribution in [0.4, 0.5) is 11.4 Å². The standard InChI is InChI=1S/C19H16N2O3/c1-12-10-11-17(21(23)24)18(13(12)2)20-19(22)16-9-5-7-14-6-3-4-8-15(14)16/h3-11H,1-2H3,(H,20,22). The molecule has 1 amide bonds. The molecule has 3 aromatic rings. The molecule has 0 aliphatic rings. The zero-order valence-electron chi connectivity index (χ0n) is 13.4. The third-order valence-electron chi connectivity index (χ3n) is 4.18. The maximum atomic E-state index is 12.7. The molecule has 0 saturated heterocycles. The number of benzene rings is 3. The van der Waals surface area contributed by atoms with Crippen molar-refractivity contribution in [3.63, 3.8) is 0 Å². The summed E-state index contributed by atoms with van der Waals surface area (Å²) < 4.78 is 0. The Kier molecular flexibility index (Phi) is 4.00. The van der Waals surface area contributed by atoms with Crippen LogP contribution in [-0.4, -0.2) is 10.8 Å². The lowest BCUT2D eigenvalue weighted by Gasteiger charge is -2.12. The van der Waals surface area contributed by atoms with E-state index in [9.17, 15) is 14.9 Å². The smallest absolute Gasteiger partial charge is 0.293 e. The Balaban J connectivity index is 2.07. The number of hydrogen-bond donors (Lipinski definition) is 1. The number of nitrogens with one attached hydrogen (secondary N) is 1. The van der Waals surface area contributed by atoms with E-state index in [1.807, 2.05) is 37.3 Å². The maximum Gasteiger partial charge on any atom is 0.293 e. The van der Waals surface area contributed by atoms with Gasteiger partial charge in [-0.3, -0.25) is 14.9 Å². The Labute approximate surface area is 139 Å². The van der Waals surface area contributed by atoms with Crippen LogP contribution >= 0.6 is 0 Å². The van der Waals surface area contributed by atoms with Crippen molar-refractivity contribution < 1.29 is 9.72 Å². The summed E-state index contributed by atoms with van der Waals surface area (Å²) in [5, 5.41) is 15.8. The van der Waals surface area contributed by atoms with Crippen molar-refractivity contribution in [1.82, 2.24) is 0 Å². The average Bonchev–Trinajstić information content (AvgIpc) is 2.58. The molecule has 5 nitrogen and oxygen atoms in total. The lowest BCUT2D eigenvalue weighted by atomic mass is 10.0. The molecule has 0 spiro atoms. The molecule has 0 heterocycles. The minimum absolute atomic E-state index is 0.105. The summed E-state index contributed by atoms with van der Waals surface area (Å²) in [5.74, 6) is -0.358. The molecular weight excluding hydrogens is 304 g/mol. The van der Waals surface area contributed by atoms with E-state index in [0.29, 0.717) is 11.1 Å². The topological polar surface area (TPSA) is 72.2 Å². The summed E-state index contributed by atoms with van der Waals surface area (Å²) in [5.41, 5.74) is 2.21. The minimum Gasteiger partial charge on any atom is -0.316 e. The molecule has 0 unspecified atom stereocenters. The Morgan fingerprint density at radius 2 is 1.71 bits per heavy atom. The fourth-order valence-corrected chi connectivity index (χ4v) is 2.72. The molecule has 3 rings (SSSR count). The summed E-state index contributed by atoms with van der Waals surface area (Å²) >= 11 is 0. The second-order valence-corrected chi connectivity index (χ2v) is 5.64. The molecule has 5 heteroatoms. The van der Waals surface area contributed by atoms with E-state index in [4.69, 9.17) is 0 Å². The number of rotatable bonds is 3. The maximum absolute atomic E-state index is 12.7. The Morgan fingerprint density at radius 1 is 1.00 bits per heavy atom. The monoisotopic (exact) mass is 320 g/mol. The van der Waals surface area contributed by atoms with Crippen molar-refractivity contribution in [2.75, 3.05) is 5.32 Å². The first-order valence-electron chi connectivity index (χ1n) is 7.52. The van der Waals surface area contributed by atoms with E-state index >= 15 is 0 Å². The predicted molar refractivity (Wildman–Crippen MR) is 94.5 cm³/mol. The lowest BCUT2D eigenvalue weighted by Crippen LogP contribution is -2.15. The molecule has 24 heavy (non-hydrogen) atoms. The van der Waals surface area contributed by atoms with Gasteiger partial charge in [-0.05, 0) is 41.8 Å². The molecule has 120 valence electrons. The van der Waals surface area contributed by atoms with Gasteiger partial charge in [0.25, 0.3) is 11.6 Å². The quantitative estimate of drug-likeness (QED) is 0.565. The van der Waals surface area contributed by atoms with Gasteiger partial charge in [-0.2, -0.15) is 0 Å². The second-order valence-electron chi connectivity index (χ2n) is 5.64. The third kappa shape index (κ3) is 2.72. The van der Waals surface area contributed by atoms with E-state index in [2.05, 4.69) is 5.32 Å². The summed E-state index contributed by atoms with van der Waals surface area (Å²) in [7, 11) is 0. The summed E-state index contributed by atoms with van der Waals surface area (Å²) in [6, 6.07) is 16.1. The zero-order valence-corrected chi connectivity index (χ0v) is 13.4. The molecule has 0 aliphatic heterocycles. The first-order chi connectivity index (χ1) is 11.5. The minimum atomic E-state index is -0.481. The van der Waals surface area contributed by atoms with Gasteiger partial charge >= 0.3 is 0 Å². The molecular formula is C19H16N2O3. The fourth-order valence-electron chi connectivity index (χ4n) is 2.72. The lowest BCUT2D eigenvalue weighted by molar-refractivity contribution is -0.384. The molecule has 3 aromatic carbocycles. The first kappa shape index (κ1) is 15.7. The van der Waals surface area contributed by atoms with Gasteiger partial charge in [0.2, 0.25) is 0 Å². The van der Waals surface area contributed by atoms with E-state index in [1.54, 1.807) is 25.1 Å². The van der Waals surface area contributed by atoms with Crippen molar-refractivity contribution in [2.24, 2.45) is 0 Å². The summed E-state index contributed by atoms with van der Waals surface area (Å²) in [6.45, 7) is 3.62. The van der Waals surface area contributed by atoms with Crippen LogP contribution in [0.3, 0.4) is 0 Å². The largest absolute Gasteiger partial charge is 0.316 e. The highest BCUT2D eigenvalue weighted by Gasteiger charge is 2.20. The fraction of sp³-hybridized carbons (Fsp3) is 0.105. The highest BCUT2D eigenvalue weighted by atomic mass is 16.6. The normalized spacial score (nSPS) is 10.6. The number of nitrogens with zero attached hydrogens (tertiary/aromatic N) is 1. The highest BCUT2D eigenvalue weighted by Crippen LogP contribution is 2.31. The SMILES string of the molecule is Cc1ccc([N+](=O)[O-])c(NC(=O)c2cccc3ccccc23)c1C. The van der Waals surface area contributed by atoms with Crippen molar-refractivity contribution in [1.29, 1.82) is 0 Å². The van der Waals surface area contributed by atoms with Gasteiger partial charge in [0.15, 0.2) is 0 Å². The first-order valence-corrected chi connectivity index (χ1v) is 7.52. The van der Waals surface area contributed by atoms with Crippen molar-refractivity contribution in [3.8, 4) is 0 Å². The number of amides is 1. The number of carbonyl (C=O) groups excluding carboxylic acids is 1. The van der Waals surface area contributed by atoms with E-state index < -0.39 is 4.92 Å². The predicted octanol–water partition coefficient (Wildman–Crippen LogP) is 4.62. The van der Waals surface area contributed by atoms with Crippen LogP contribution in [0.15, 0.2) is 54.6 Å². The van der Waals surface area contributed by atoms with E-state index in [0.717, 1.165) is 16.3 Å². The number of nitro benzene ring substituents is 1. The Morgan fingerprint density at radius 3 is 2.46 bits per heavy atom. The zero-order chi connectivity index (χ0) is 17.3. The highest BCUT2D eigenvalue weighted by molar-refractivity contribution is 6.13. The van der Waals surface area contributed by atoms with Gasteiger partial charge in [-0.1, -0.05) is 42.5 Å².